The van der Waals surface area contributed by atoms with E-state index < -0.39 is 49.5 Å². The molecule has 2 heterocycles. The van der Waals surface area contributed by atoms with Crippen LogP contribution in [0.3, 0.4) is 0 Å². The highest BCUT2D eigenvalue weighted by atomic mass is 31.2. The fraction of sp³-hybridized carbons (Fsp3) is 0.810. The zero-order valence-electron chi connectivity index (χ0n) is 21.5. The van der Waals surface area contributed by atoms with E-state index in [1.807, 2.05) is 6.92 Å². The van der Waals surface area contributed by atoms with Crippen LogP contribution in [0.25, 0.3) is 0 Å². The lowest BCUT2D eigenvalue weighted by molar-refractivity contribution is -0.0451. The topological polar surface area (TPSA) is 252 Å². The van der Waals surface area contributed by atoms with Crippen molar-refractivity contribution >= 4 is 7.82 Å². The average Bonchev–Trinajstić information content (AvgIpc) is 3.22. The molecule has 16 heteroatoms. The van der Waals surface area contributed by atoms with Gasteiger partial charge in [0.25, 0.3) is 5.56 Å². The predicted molar refractivity (Wildman–Crippen MR) is 131 cm³/mol. The summed E-state index contributed by atoms with van der Waals surface area (Å²) in [6.45, 7) is 6.03. The van der Waals surface area contributed by atoms with Crippen LogP contribution in [0.5, 0.6) is 0 Å². The lowest BCUT2D eigenvalue weighted by Gasteiger charge is -2.24. The largest absolute Gasteiger partial charge is 0.469 e. The van der Waals surface area contributed by atoms with E-state index in [-0.39, 0.29) is 44.9 Å². The van der Waals surface area contributed by atoms with Crippen LogP contribution < -0.4 is 11.2 Å². The molecule has 1 aromatic heterocycles. The van der Waals surface area contributed by atoms with Crippen molar-refractivity contribution in [3.05, 3.63) is 32.6 Å². The lowest BCUT2D eigenvalue weighted by Crippen LogP contribution is -2.33. The lowest BCUT2D eigenvalue weighted by atomic mass is 9.88. The van der Waals surface area contributed by atoms with Crippen molar-refractivity contribution < 1.29 is 54.3 Å². The number of aliphatic hydroxyl groups excluding tert-OH is 6. The van der Waals surface area contributed by atoms with E-state index >= 15 is 0 Å². The molecule has 0 aliphatic carbocycles. The number of phosphoric acid groups is 1. The van der Waals surface area contributed by atoms with Crippen molar-refractivity contribution in [1.29, 1.82) is 0 Å². The van der Waals surface area contributed by atoms with Gasteiger partial charge in [-0.05, 0) is 13.3 Å². The summed E-state index contributed by atoms with van der Waals surface area (Å²) in [5.41, 5.74) is -1.89. The van der Waals surface area contributed by atoms with Crippen LogP contribution in [0.15, 0.2) is 15.8 Å². The minimum Gasteiger partial charge on any atom is -0.396 e. The number of aromatic amines is 1. The Morgan fingerprint density at radius 1 is 1.08 bits per heavy atom. The summed E-state index contributed by atoms with van der Waals surface area (Å²) in [5, 5.41) is 52.6. The number of aryl methyl sites for hydroxylation is 1. The maximum atomic E-state index is 11.7. The molecule has 218 valence electrons. The first-order chi connectivity index (χ1) is 17.0. The molecule has 0 bridgehead atoms. The summed E-state index contributed by atoms with van der Waals surface area (Å²) in [5.74, 6) is 0. The molecule has 0 amide bonds. The minimum absolute atomic E-state index is 0.0283. The van der Waals surface area contributed by atoms with E-state index in [1.165, 1.54) is 13.1 Å². The molecule has 37 heavy (non-hydrogen) atoms. The smallest absolute Gasteiger partial charge is 0.396 e. The molecule has 1 saturated heterocycles. The van der Waals surface area contributed by atoms with Crippen LogP contribution in [0.1, 0.15) is 45.4 Å². The second kappa shape index (κ2) is 15.8. The summed E-state index contributed by atoms with van der Waals surface area (Å²) in [4.78, 5) is 42.3. The third-order valence-corrected chi connectivity index (χ3v) is 6.16. The van der Waals surface area contributed by atoms with Gasteiger partial charge in [0.1, 0.15) is 12.3 Å². The van der Waals surface area contributed by atoms with E-state index in [0.717, 1.165) is 4.57 Å². The molecule has 3 atom stereocenters. The normalized spacial score (nSPS) is 20.1. The minimum atomic E-state index is -4.67. The molecule has 0 unspecified atom stereocenters. The van der Waals surface area contributed by atoms with Gasteiger partial charge in [-0.3, -0.25) is 18.9 Å². The molecule has 1 aliphatic rings. The fourth-order valence-electron chi connectivity index (χ4n) is 2.54. The van der Waals surface area contributed by atoms with Crippen LogP contribution in [0.2, 0.25) is 0 Å². The first kappa shape index (κ1) is 35.5. The third-order valence-electron chi connectivity index (χ3n) is 5.68. The Bertz CT molecular complexity index is 931. The van der Waals surface area contributed by atoms with E-state index in [9.17, 15) is 19.3 Å². The number of nitrogens with one attached hydrogen (secondary N) is 1. The Kier molecular flexibility index (Phi) is 15.2. The van der Waals surface area contributed by atoms with Gasteiger partial charge in [0.15, 0.2) is 0 Å². The number of aliphatic hydroxyl groups is 6. The molecule has 2 rings (SSSR count). The van der Waals surface area contributed by atoms with E-state index in [0.29, 0.717) is 12.0 Å². The molecule has 9 N–H and O–H groups in total. The molecular formula is C21H41N2O13P. The zero-order valence-corrected chi connectivity index (χ0v) is 22.4. The van der Waals surface area contributed by atoms with Crippen molar-refractivity contribution in [3.8, 4) is 0 Å². The van der Waals surface area contributed by atoms with Gasteiger partial charge in [-0.1, -0.05) is 20.8 Å². The van der Waals surface area contributed by atoms with Crippen LogP contribution in [-0.4, -0.2) is 102 Å². The second-order valence-corrected chi connectivity index (χ2v) is 10.7. The van der Waals surface area contributed by atoms with Gasteiger partial charge in [0.2, 0.25) is 0 Å². The summed E-state index contributed by atoms with van der Waals surface area (Å²) in [6, 6.07) is 0. The molecule has 1 aliphatic heterocycles. The van der Waals surface area contributed by atoms with Gasteiger partial charge < -0.3 is 45.2 Å². The van der Waals surface area contributed by atoms with Gasteiger partial charge in [-0.25, -0.2) is 9.36 Å². The van der Waals surface area contributed by atoms with Gasteiger partial charge in [0, 0.05) is 29.0 Å². The summed E-state index contributed by atoms with van der Waals surface area (Å²) < 4.78 is 21.4. The number of hydrogen-bond donors (Lipinski definition) is 9. The maximum absolute atomic E-state index is 11.7. The van der Waals surface area contributed by atoms with Gasteiger partial charge in [0.05, 0.1) is 45.7 Å². The number of phosphoric ester groups is 1. The Balaban J connectivity index is 0.000000670. The molecule has 1 fully saturated rings. The van der Waals surface area contributed by atoms with E-state index in [4.69, 9.17) is 40.1 Å². The Morgan fingerprint density at radius 2 is 1.59 bits per heavy atom. The van der Waals surface area contributed by atoms with Crippen LogP contribution >= 0.6 is 7.82 Å². The van der Waals surface area contributed by atoms with Crippen molar-refractivity contribution in [2.45, 2.75) is 59.0 Å². The first-order valence-corrected chi connectivity index (χ1v) is 13.0. The summed E-state index contributed by atoms with van der Waals surface area (Å²) >= 11 is 0. The van der Waals surface area contributed by atoms with Gasteiger partial charge in [-0.15, -0.1) is 0 Å². The summed E-state index contributed by atoms with van der Waals surface area (Å²) in [7, 11) is -4.67. The molecule has 1 aromatic rings. The number of rotatable bonds is 10. The zero-order chi connectivity index (χ0) is 29.0. The van der Waals surface area contributed by atoms with Crippen molar-refractivity contribution in [3.63, 3.8) is 0 Å². The SMILES string of the molecule is CC(C)(CO)CO.CCC(CO)(CO)CO.Cc1cn([C@H]2C[C@H](O)[C@@H](COP(=O)(O)O)O2)c(=O)[nH]c1=O. The van der Waals surface area contributed by atoms with Gasteiger partial charge in [-0.2, -0.15) is 0 Å². The molecular weight excluding hydrogens is 519 g/mol. The summed E-state index contributed by atoms with van der Waals surface area (Å²) in [6.07, 6.45) is -0.974. The molecule has 0 radical (unpaired) electrons. The maximum Gasteiger partial charge on any atom is 0.469 e. The van der Waals surface area contributed by atoms with Gasteiger partial charge >= 0.3 is 13.5 Å². The number of H-pyrrole nitrogens is 1. The molecule has 0 saturated carbocycles. The van der Waals surface area contributed by atoms with Crippen molar-refractivity contribution in [2.24, 2.45) is 10.8 Å². The second-order valence-electron chi connectivity index (χ2n) is 9.51. The van der Waals surface area contributed by atoms with E-state index in [1.54, 1.807) is 13.8 Å². The van der Waals surface area contributed by atoms with Crippen molar-refractivity contribution in [1.82, 2.24) is 9.55 Å². The first-order valence-electron chi connectivity index (χ1n) is 11.4. The van der Waals surface area contributed by atoms with E-state index in [2.05, 4.69) is 9.51 Å². The molecule has 15 nitrogen and oxygen atoms in total. The quantitative estimate of drug-likeness (QED) is 0.140. The molecule has 0 spiro atoms. The number of aromatic nitrogens is 2. The highest BCUT2D eigenvalue weighted by Crippen LogP contribution is 2.38. The van der Waals surface area contributed by atoms with Crippen LogP contribution in [0, 0.1) is 17.8 Å². The molecule has 0 aromatic carbocycles. The highest BCUT2D eigenvalue weighted by molar-refractivity contribution is 7.46. The Labute approximate surface area is 214 Å². The fourth-order valence-corrected chi connectivity index (χ4v) is 2.88. The predicted octanol–water partition coefficient (Wildman–Crippen LogP) is -2.04. The highest BCUT2D eigenvalue weighted by Gasteiger charge is 2.37. The number of hydrogen-bond acceptors (Lipinski definition) is 11. The third kappa shape index (κ3) is 12.3. The van der Waals surface area contributed by atoms with Crippen molar-refractivity contribution in [2.75, 3.05) is 39.6 Å². The van der Waals surface area contributed by atoms with Crippen LogP contribution in [0.4, 0.5) is 0 Å². The average molecular weight is 561 g/mol. The van der Waals surface area contributed by atoms with Crippen LogP contribution in [-0.2, 0) is 13.8 Å². The number of nitrogens with zero attached hydrogens (tertiary/aromatic N) is 1. The Hall–Kier alpha value is -1.49. The standard InChI is InChI=1S/C10H15N2O8P.C6H14O3.C5H12O2/c1-5-3-12(10(15)11-9(5)14)8-2-6(13)7(20-8)4-19-21(16,17)18;1-2-6(3-7,4-8)5-9;1-5(2,3-6)4-7/h3,6-8,13H,2,4H2,1H3,(H,11,14,15)(H2,16,17,18);7-9H,2-5H2,1H3;6-7H,3-4H2,1-2H3/t6-,7+,8+;;/m0../s1. The monoisotopic (exact) mass is 560 g/mol. The Morgan fingerprint density at radius 3 is 1.95 bits per heavy atom. The number of ether oxygens (including phenoxy) is 1.